The maximum Gasteiger partial charge on any atom is 0.201 e. The fourth-order valence-corrected chi connectivity index (χ4v) is 3.53. The van der Waals surface area contributed by atoms with Crippen molar-refractivity contribution in [1.82, 2.24) is 9.55 Å². The van der Waals surface area contributed by atoms with Crippen LogP contribution in [0.4, 0.5) is 5.95 Å². The molecule has 2 aromatic rings. The van der Waals surface area contributed by atoms with Gasteiger partial charge in [0.25, 0.3) is 0 Å². The van der Waals surface area contributed by atoms with Gasteiger partial charge in [-0.1, -0.05) is 19.3 Å². The van der Waals surface area contributed by atoms with Crippen molar-refractivity contribution in [3.63, 3.8) is 0 Å². The summed E-state index contributed by atoms with van der Waals surface area (Å²) in [6.07, 6.45) is 6.05. The van der Waals surface area contributed by atoms with Gasteiger partial charge >= 0.3 is 0 Å². The van der Waals surface area contributed by atoms with Gasteiger partial charge in [-0.2, -0.15) is 0 Å². The number of hydrogen-bond donors (Lipinski definition) is 1. The van der Waals surface area contributed by atoms with Crippen molar-refractivity contribution in [1.29, 1.82) is 0 Å². The third kappa shape index (κ3) is 2.20. The molecule has 0 amide bonds. The van der Waals surface area contributed by atoms with Gasteiger partial charge in [0, 0.05) is 17.7 Å². The van der Waals surface area contributed by atoms with Crippen molar-refractivity contribution in [3.05, 3.63) is 12.1 Å². The van der Waals surface area contributed by atoms with Crippen molar-refractivity contribution in [2.45, 2.75) is 44.6 Å². The monoisotopic (exact) mass is 289 g/mol. The Balaban J connectivity index is 2.20. The molecule has 1 saturated carbocycles. The summed E-state index contributed by atoms with van der Waals surface area (Å²) < 4.78 is 13.0. The molecule has 1 aromatic heterocycles. The summed E-state index contributed by atoms with van der Waals surface area (Å²) in [5, 5.41) is 0. The first kappa shape index (κ1) is 14.0. The second-order valence-corrected chi connectivity index (χ2v) is 6.06. The number of ether oxygens (including phenoxy) is 2. The molecule has 0 aliphatic heterocycles. The van der Waals surface area contributed by atoms with Crippen LogP contribution in [0.2, 0.25) is 0 Å². The Hall–Kier alpha value is -1.91. The van der Waals surface area contributed by atoms with Crippen molar-refractivity contribution in [2.75, 3.05) is 20.0 Å². The molecule has 0 unspecified atom stereocenters. The lowest BCUT2D eigenvalue weighted by Gasteiger charge is -2.36. The van der Waals surface area contributed by atoms with Gasteiger partial charge in [-0.15, -0.1) is 0 Å². The molecule has 114 valence electrons. The number of nitrogen functional groups attached to an aromatic ring is 1. The van der Waals surface area contributed by atoms with E-state index < -0.39 is 0 Å². The standard InChI is InChI=1S/C16H23N3O2/c1-16(7-5-4-6-8-16)19-12-10-14(21-3)13(20-2)9-11(12)18-15(19)17/h9-10H,4-8H2,1-3H3,(H2,17,18). The summed E-state index contributed by atoms with van der Waals surface area (Å²) in [6.45, 7) is 2.28. The number of methoxy groups -OCH3 is 2. The minimum Gasteiger partial charge on any atom is -0.493 e. The molecule has 1 heterocycles. The predicted octanol–water partition coefficient (Wildman–Crippen LogP) is 3.32. The van der Waals surface area contributed by atoms with Crippen LogP contribution in [-0.2, 0) is 5.54 Å². The highest BCUT2D eigenvalue weighted by molar-refractivity contribution is 5.83. The van der Waals surface area contributed by atoms with E-state index in [1.54, 1.807) is 14.2 Å². The number of benzene rings is 1. The average Bonchev–Trinajstić information content (AvgIpc) is 2.81. The molecule has 0 bridgehead atoms. The quantitative estimate of drug-likeness (QED) is 0.941. The van der Waals surface area contributed by atoms with E-state index in [-0.39, 0.29) is 5.54 Å². The lowest BCUT2D eigenvalue weighted by Crippen LogP contribution is -2.33. The van der Waals surface area contributed by atoms with Gasteiger partial charge in [-0.3, -0.25) is 0 Å². The SMILES string of the molecule is COc1cc2nc(N)n(C3(C)CCCCC3)c2cc1OC. The number of aromatic nitrogens is 2. The average molecular weight is 289 g/mol. The van der Waals surface area contributed by atoms with Crippen LogP contribution in [0.3, 0.4) is 0 Å². The number of nitrogens with zero attached hydrogens (tertiary/aromatic N) is 2. The largest absolute Gasteiger partial charge is 0.493 e. The van der Waals surface area contributed by atoms with Crippen LogP contribution in [0, 0.1) is 0 Å². The Morgan fingerprint density at radius 1 is 1.10 bits per heavy atom. The topological polar surface area (TPSA) is 62.3 Å². The van der Waals surface area contributed by atoms with Gasteiger partial charge in [0.1, 0.15) is 0 Å². The summed E-state index contributed by atoms with van der Waals surface area (Å²) in [4.78, 5) is 4.52. The van der Waals surface area contributed by atoms with Crippen LogP contribution in [0.5, 0.6) is 11.5 Å². The molecule has 5 heteroatoms. The van der Waals surface area contributed by atoms with E-state index in [0.717, 1.165) is 23.9 Å². The molecule has 2 N–H and O–H groups in total. The molecule has 1 fully saturated rings. The zero-order chi connectivity index (χ0) is 15.0. The van der Waals surface area contributed by atoms with Gasteiger partial charge in [0.2, 0.25) is 5.95 Å². The summed E-state index contributed by atoms with van der Waals surface area (Å²) in [5.74, 6) is 1.97. The number of imidazole rings is 1. The van der Waals surface area contributed by atoms with Gasteiger partial charge in [-0.25, -0.2) is 4.98 Å². The van der Waals surface area contributed by atoms with E-state index in [0.29, 0.717) is 17.4 Å². The molecule has 1 aliphatic rings. The minimum absolute atomic E-state index is 0.0384. The van der Waals surface area contributed by atoms with Crippen LogP contribution in [0.1, 0.15) is 39.0 Å². The number of hydrogen-bond acceptors (Lipinski definition) is 4. The second kappa shape index (κ2) is 5.13. The highest BCUT2D eigenvalue weighted by Gasteiger charge is 2.32. The normalized spacial score (nSPS) is 17.9. The summed E-state index contributed by atoms with van der Waals surface area (Å²) in [5.41, 5.74) is 8.14. The van der Waals surface area contributed by atoms with Crippen molar-refractivity contribution in [2.24, 2.45) is 0 Å². The molecule has 5 nitrogen and oxygen atoms in total. The van der Waals surface area contributed by atoms with Crippen LogP contribution < -0.4 is 15.2 Å². The Kier molecular flexibility index (Phi) is 3.43. The first-order valence-corrected chi connectivity index (χ1v) is 7.49. The first-order chi connectivity index (χ1) is 10.1. The summed E-state index contributed by atoms with van der Waals surface area (Å²) >= 11 is 0. The molecule has 0 atom stereocenters. The van der Waals surface area contributed by atoms with Crippen molar-refractivity contribution in [3.8, 4) is 11.5 Å². The summed E-state index contributed by atoms with van der Waals surface area (Å²) in [6, 6.07) is 3.88. The Labute approximate surface area is 125 Å². The minimum atomic E-state index is 0.0384. The van der Waals surface area contributed by atoms with Gasteiger partial charge in [-0.05, 0) is 19.8 Å². The lowest BCUT2D eigenvalue weighted by atomic mass is 9.83. The molecule has 1 aromatic carbocycles. The van der Waals surface area contributed by atoms with Crippen LogP contribution in [0.15, 0.2) is 12.1 Å². The maximum atomic E-state index is 6.22. The van der Waals surface area contributed by atoms with E-state index in [2.05, 4.69) is 16.5 Å². The molecule has 21 heavy (non-hydrogen) atoms. The molecule has 1 aliphatic carbocycles. The Bertz CT molecular complexity index is 657. The number of fused-ring (bicyclic) bond motifs is 1. The fraction of sp³-hybridized carbons (Fsp3) is 0.562. The zero-order valence-electron chi connectivity index (χ0n) is 13.0. The Morgan fingerprint density at radius 2 is 1.71 bits per heavy atom. The summed E-state index contributed by atoms with van der Waals surface area (Å²) in [7, 11) is 3.28. The Morgan fingerprint density at radius 3 is 2.33 bits per heavy atom. The van der Waals surface area contributed by atoms with E-state index >= 15 is 0 Å². The molecular weight excluding hydrogens is 266 g/mol. The smallest absolute Gasteiger partial charge is 0.201 e. The van der Waals surface area contributed by atoms with E-state index in [1.165, 1.54) is 19.3 Å². The number of rotatable bonds is 3. The number of anilines is 1. The number of nitrogens with two attached hydrogens (primary N) is 1. The van der Waals surface area contributed by atoms with Crippen molar-refractivity contribution < 1.29 is 9.47 Å². The van der Waals surface area contributed by atoms with Crippen LogP contribution in [0.25, 0.3) is 11.0 Å². The molecule has 0 saturated heterocycles. The van der Waals surface area contributed by atoms with E-state index in [4.69, 9.17) is 15.2 Å². The zero-order valence-corrected chi connectivity index (χ0v) is 13.0. The highest BCUT2D eigenvalue weighted by atomic mass is 16.5. The maximum absolute atomic E-state index is 6.22. The van der Waals surface area contributed by atoms with Gasteiger partial charge < -0.3 is 19.8 Å². The molecule has 3 rings (SSSR count). The molecular formula is C16H23N3O2. The van der Waals surface area contributed by atoms with E-state index in [1.807, 2.05) is 12.1 Å². The predicted molar refractivity (Wildman–Crippen MR) is 84.0 cm³/mol. The van der Waals surface area contributed by atoms with Crippen LogP contribution in [-0.4, -0.2) is 23.8 Å². The van der Waals surface area contributed by atoms with E-state index in [9.17, 15) is 0 Å². The second-order valence-electron chi connectivity index (χ2n) is 6.06. The van der Waals surface area contributed by atoms with Gasteiger partial charge in [0.05, 0.1) is 25.3 Å². The lowest BCUT2D eigenvalue weighted by molar-refractivity contribution is 0.228. The third-order valence-corrected chi connectivity index (χ3v) is 4.66. The fourth-order valence-electron chi connectivity index (χ4n) is 3.53. The third-order valence-electron chi connectivity index (χ3n) is 4.66. The highest BCUT2D eigenvalue weighted by Crippen LogP contribution is 2.41. The van der Waals surface area contributed by atoms with Crippen LogP contribution >= 0.6 is 0 Å². The first-order valence-electron chi connectivity index (χ1n) is 7.49. The van der Waals surface area contributed by atoms with Gasteiger partial charge in [0.15, 0.2) is 11.5 Å². The molecule has 0 radical (unpaired) electrons. The molecule has 0 spiro atoms. The van der Waals surface area contributed by atoms with Crippen molar-refractivity contribution >= 4 is 17.0 Å².